The maximum atomic E-state index is 9.11. The maximum absolute atomic E-state index is 9.11. The fraction of sp³-hybridized carbons (Fsp3) is 1.00. The fourth-order valence-corrected chi connectivity index (χ4v) is 2.76. The Balaban J connectivity index is 1.84. The van der Waals surface area contributed by atoms with Gasteiger partial charge in [-0.2, -0.15) is 0 Å². The Morgan fingerprint density at radius 1 is 1.38 bits per heavy atom. The van der Waals surface area contributed by atoms with E-state index < -0.39 is 0 Å². The van der Waals surface area contributed by atoms with Gasteiger partial charge < -0.3 is 14.7 Å². The van der Waals surface area contributed by atoms with Crippen LogP contribution in [0.2, 0.25) is 0 Å². The van der Waals surface area contributed by atoms with Crippen LogP contribution in [0.3, 0.4) is 0 Å². The van der Waals surface area contributed by atoms with Crippen molar-refractivity contribution < 1.29 is 9.84 Å². The average molecular weight is 228 g/mol. The van der Waals surface area contributed by atoms with Gasteiger partial charge in [-0.05, 0) is 26.3 Å². The molecule has 94 valence electrons. The molecule has 2 unspecified atom stereocenters. The zero-order valence-corrected chi connectivity index (χ0v) is 10.3. The molecule has 2 saturated heterocycles. The molecule has 1 N–H and O–H groups in total. The van der Waals surface area contributed by atoms with Crippen molar-refractivity contribution >= 4 is 0 Å². The lowest BCUT2D eigenvalue weighted by Gasteiger charge is -2.40. The first-order chi connectivity index (χ1) is 7.79. The number of aliphatic hydroxyl groups is 1. The van der Waals surface area contributed by atoms with Gasteiger partial charge in [0.25, 0.3) is 0 Å². The highest BCUT2D eigenvalue weighted by molar-refractivity contribution is 4.83. The predicted molar refractivity (Wildman–Crippen MR) is 63.5 cm³/mol. The van der Waals surface area contributed by atoms with Crippen LogP contribution in [0.1, 0.15) is 19.3 Å². The number of aliphatic hydroxyl groups excluding tert-OH is 1. The van der Waals surface area contributed by atoms with E-state index in [1.807, 2.05) is 0 Å². The Morgan fingerprint density at radius 3 is 2.94 bits per heavy atom. The van der Waals surface area contributed by atoms with Crippen LogP contribution in [-0.2, 0) is 4.74 Å². The van der Waals surface area contributed by atoms with E-state index in [1.165, 1.54) is 12.8 Å². The van der Waals surface area contributed by atoms with Crippen molar-refractivity contribution in [3.8, 4) is 0 Å². The molecule has 0 radical (unpaired) electrons. The molecule has 0 bridgehead atoms. The second-order valence-corrected chi connectivity index (χ2v) is 5.06. The van der Waals surface area contributed by atoms with E-state index in [9.17, 15) is 0 Å². The number of ether oxygens (including phenoxy) is 1. The third-order valence-corrected chi connectivity index (χ3v) is 3.73. The van der Waals surface area contributed by atoms with Crippen molar-refractivity contribution in [2.75, 3.05) is 46.4 Å². The third kappa shape index (κ3) is 3.17. The van der Waals surface area contributed by atoms with Crippen LogP contribution in [0.5, 0.6) is 0 Å². The highest BCUT2D eigenvalue weighted by Crippen LogP contribution is 2.18. The molecule has 0 aromatic rings. The number of nitrogens with zero attached hydrogens (tertiary/aromatic N) is 2. The summed E-state index contributed by atoms with van der Waals surface area (Å²) < 4.78 is 5.69. The van der Waals surface area contributed by atoms with Crippen molar-refractivity contribution in [1.82, 2.24) is 9.80 Å². The van der Waals surface area contributed by atoms with Crippen LogP contribution in [0.4, 0.5) is 0 Å². The molecule has 0 saturated carbocycles. The standard InChI is InChI=1S/C12H24N2O2/c1-13-5-6-14(11(9-13)4-7-15)10-12-3-2-8-16-12/h11-12,15H,2-10H2,1H3. The van der Waals surface area contributed by atoms with Crippen molar-refractivity contribution in [2.24, 2.45) is 0 Å². The first-order valence-corrected chi connectivity index (χ1v) is 6.44. The van der Waals surface area contributed by atoms with Crippen LogP contribution in [0.25, 0.3) is 0 Å². The van der Waals surface area contributed by atoms with Gasteiger partial charge in [-0.1, -0.05) is 0 Å². The van der Waals surface area contributed by atoms with Crippen molar-refractivity contribution in [3.63, 3.8) is 0 Å². The molecular formula is C12H24N2O2. The van der Waals surface area contributed by atoms with Gasteiger partial charge in [-0.15, -0.1) is 0 Å². The lowest BCUT2D eigenvalue weighted by atomic mass is 10.1. The molecule has 16 heavy (non-hydrogen) atoms. The summed E-state index contributed by atoms with van der Waals surface area (Å²) in [7, 11) is 2.16. The molecule has 0 aliphatic carbocycles. The van der Waals surface area contributed by atoms with Gasteiger partial charge in [0.2, 0.25) is 0 Å². The second kappa shape index (κ2) is 5.96. The predicted octanol–water partition coefficient (Wildman–Crippen LogP) is 0.164. The fourth-order valence-electron chi connectivity index (χ4n) is 2.76. The molecule has 4 nitrogen and oxygen atoms in total. The molecule has 0 aromatic carbocycles. The highest BCUT2D eigenvalue weighted by atomic mass is 16.5. The summed E-state index contributed by atoms with van der Waals surface area (Å²) in [6, 6.07) is 0.507. The zero-order valence-electron chi connectivity index (χ0n) is 10.3. The van der Waals surface area contributed by atoms with Gasteiger partial charge in [-0.25, -0.2) is 0 Å². The van der Waals surface area contributed by atoms with Gasteiger partial charge in [0.05, 0.1) is 6.10 Å². The summed E-state index contributed by atoms with van der Waals surface area (Å²) in [5.41, 5.74) is 0. The highest BCUT2D eigenvalue weighted by Gasteiger charge is 2.28. The summed E-state index contributed by atoms with van der Waals surface area (Å²) in [5, 5.41) is 9.11. The molecule has 0 spiro atoms. The largest absolute Gasteiger partial charge is 0.396 e. The summed E-state index contributed by atoms with van der Waals surface area (Å²) in [4.78, 5) is 4.86. The number of hydrogen-bond donors (Lipinski definition) is 1. The summed E-state index contributed by atoms with van der Waals surface area (Å²) in [6.45, 7) is 5.60. The van der Waals surface area contributed by atoms with Gasteiger partial charge in [0.15, 0.2) is 0 Å². The monoisotopic (exact) mass is 228 g/mol. The van der Waals surface area contributed by atoms with Crippen LogP contribution in [0.15, 0.2) is 0 Å². The minimum absolute atomic E-state index is 0.292. The molecule has 0 aromatic heterocycles. The molecule has 2 fully saturated rings. The number of hydrogen-bond acceptors (Lipinski definition) is 4. The van der Waals surface area contributed by atoms with Gasteiger partial charge in [0, 0.05) is 45.4 Å². The maximum Gasteiger partial charge on any atom is 0.0702 e. The number of rotatable bonds is 4. The van der Waals surface area contributed by atoms with Crippen molar-refractivity contribution in [2.45, 2.75) is 31.4 Å². The van der Waals surface area contributed by atoms with Crippen molar-refractivity contribution in [3.05, 3.63) is 0 Å². The SMILES string of the molecule is CN1CCN(CC2CCCO2)C(CCO)C1. The van der Waals surface area contributed by atoms with E-state index in [4.69, 9.17) is 9.84 Å². The Bertz CT molecular complexity index is 207. The molecule has 2 aliphatic rings. The van der Waals surface area contributed by atoms with Crippen molar-refractivity contribution in [1.29, 1.82) is 0 Å². The Kier molecular flexibility index (Phi) is 4.58. The quantitative estimate of drug-likeness (QED) is 0.744. The minimum atomic E-state index is 0.292. The first kappa shape index (κ1) is 12.3. The third-order valence-electron chi connectivity index (χ3n) is 3.73. The molecule has 2 aliphatic heterocycles. The number of piperazine rings is 1. The van der Waals surface area contributed by atoms with Crippen LogP contribution < -0.4 is 0 Å². The molecule has 4 heteroatoms. The van der Waals surface area contributed by atoms with E-state index in [0.717, 1.165) is 39.2 Å². The summed E-state index contributed by atoms with van der Waals surface area (Å²) in [5.74, 6) is 0. The van der Waals surface area contributed by atoms with Crippen LogP contribution >= 0.6 is 0 Å². The van der Waals surface area contributed by atoms with E-state index >= 15 is 0 Å². The first-order valence-electron chi connectivity index (χ1n) is 6.44. The average Bonchev–Trinajstić information content (AvgIpc) is 2.75. The Hall–Kier alpha value is -0.160. The van der Waals surface area contributed by atoms with E-state index in [-0.39, 0.29) is 0 Å². The van der Waals surface area contributed by atoms with E-state index in [0.29, 0.717) is 18.8 Å². The molecule has 2 rings (SSSR count). The molecular weight excluding hydrogens is 204 g/mol. The van der Waals surface area contributed by atoms with E-state index in [2.05, 4.69) is 16.8 Å². The number of likely N-dealkylation sites (N-methyl/N-ethyl adjacent to an activating group) is 1. The Morgan fingerprint density at radius 2 is 2.25 bits per heavy atom. The van der Waals surface area contributed by atoms with Crippen LogP contribution in [-0.4, -0.2) is 73.5 Å². The lowest BCUT2D eigenvalue weighted by Crippen LogP contribution is -2.53. The van der Waals surface area contributed by atoms with Crippen LogP contribution in [0, 0.1) is 0 Å². The zero-order chi connectivity index (χ0) is 11.4. The second-order valence-electron chi connectivity index (χ2n) is 5.06. The normalized spacial score (nSPS) is 33.4. The molecule has 0 amide bonds. The minimum Gasteiger partial charge on any atom is -0.396 e. The van der Waals surface area contributed by atoms with Gasteiger partial charge in [-0.3, -0.25) is 4.90 Å². The molecule has 2 heterocycles. The van der Waals surface area contributed by atoms with E-state index in [1.54, 1.807) is 0 Å². The smallest absolute Gasteiger partial charge is 0.0702 e. The summed E-state index contributed by atoms with van der Waals surface area (Å²) in [6.07, 6.45) is 3.74. The topological polar surface area (TPSA) is 35.9 Å². The lowest BCUT2D eigenvalue weighted by molar-refractivity contribution is 0.0188. The molecule has 2 atom stereocenters. The van der Waals surface area contributed by atoms with Gasteiger partial charge in [0.1, 0.15) is 0 Å². The van der Waals surface area contributed by atoms with Gasteiger partial charge >= 0.3 is 0 Å². The Labute approximate surface area is 98.2 Å². The summed E-state index contributed by atoms with van der Waals surface area (Å²) >= 11 is 0.